The van der Waals surface area contributed by atoms with Crippen molar-refractivity contribution in [2.45, 2.75) is 46.1 Å². The summed E-state index contributed by atoms with van der Waals surface area (Å²) in [6.07, 6.45) is 2.96. The van der Waals surface area contributed by atoms with Crippen LogP contribution in [0.15, 0.2) is 24.3 Å². The molecule has 102 valence electrons. The van der Waals surface area contributed by atoms with Crippen molar-refractivity contribution in [3.05, 3.63) is 35.4 Å². The first-order valence-corrected chi connectivity index (χ1v) is 7.20. The normalized spacial score (nSPS) is 12.9. The van der Waals surface area contributed by atoms with Crippen LogP contribution in [0.4, 0.5) is 0 Å². The Balaban J connectivity index is 2.58. The number of aliphatic hydroxyl groups excluding tert-OH is 1. The SMILES string of the molecule is CCCN(CCC)CC(O)c1ccc(CC)cc1. The first-order valence-electron chi connectivity index (χ1n) is 7.20. The molecule has 2 nitrogen and oxygen atoms in total. The number of hydrogen-bond acceptors (Lipinski definition) is 2. The molecule has 1 N–H and O–H groups in total. The second-order valence-corrected chi connectivity index (χ2v) is 4.91. The molecule has 1 unspecified atom stereocenters. The van der Waals surface area contributed by atoms with Crippen LogP contribution >= 0.6 is 0 Å². The van der Waals surface area contributed by atoms with Gasteiger partial charge in [-0.05, 0) is 43.5 Å². The van der Waals surface area contributed by atoms with Gasteiger partial charge >= 0.3 is 0 Å². The lowest BCUT2D eigenvalue weighted by Crippen LogP contribution is -2.30. The Hall–Kier alpha value is -0.860. The zero-order valence-corrected chi connectivity index (χ0v) is 12.0. The Morgan fingerprint density at radius 1 is 1.00 bits per heavy atom. The Morgan fingerprint density at radius 2 is 1.56 bits per heavy atom. The molecule has 0 amide bonds. The van der Waals surface area contributed by atoms with Crippen LogP contribution in [0.2, 0.25) is 0 Å². The predicted octanol–water partition coefficient (Wildman–Crippen LogP) is 3.40. The quantitative estimate of drug-likeness (QED) is 0.763. The smallest absolute Gasteiger partial charge is 0.0916 e. The van der Waals surface area contributed by atoms with Gasteiger partial charge in [0.25, 0.3) is 0 Å². The van der Waals surface area contributed by atoms with Crippen molar-refractivity contribution in [3.63, 3.8) is 0 Å². The summed E-state index contributed by atoms with van der Waals surface area (Å²) in [6.45, 7) is 9.40. The van der Waals surface area contributed by atoms with Crippen LogP contribution in [-0.4, -0.2) is 29.6 Å². The summed E-state index contributed by atoms with van der Waals surface area (Å²) in [4.78, 5) is 2.35. The highest BCUT2D eigenvalue weighted by Gasteiger charge is 2.12. The van der Waals surface area contributed by atoms with Crippen molar-refractivity contribution in [2.75, 3.05) is 19.6 Å². The average molecular weight is 249 g/mol. The zero-order chi connectivity index (χ0) is 13.4. The van der Waals surface area contributed by atoms with E-state index in [0.29, 0.717) is 0 Å². The van der Waals surface area contributed by atoms with Crippen LogP contribution < -0.4 is 0 Å². The lowest BCUT2D eigenvalue weighted by atomic mass is 10.1. The Bertz CT molecular complexity index is 314. The molecule has 0 aliphatic carbocycles. The first kappa shape index (κ1) is 15.2. The van der Waals surface area contributed by atoms with Gasteiger partial charge in [-0.25, -0.2) is 0 Å². The molecular weight excluding hydrogens is 222 g/mol. The molecular formula is C16H27NO. The average Bonchev–Trinajstić information content (AvgIpc) is 2.39. The molecule has 0 spiro atoms. The molecule has 0 bridgehead atoms. The third-order valence-electron chi connectivity index (χ3n) is 3.28. The lowest BCUT2D eigenvalue weighted by Gasteiger charge is -2.24. The van der Waals surface area contributed by atoms with Gasteiger partial charge in [-0.2, -0.15) is 0 Å². The molecule has 0 heterocycles. The number of nitrogens with zero attached hydrogens (tertiary/aromatic N) is 1. The molecule has 1 rings (SSSR count). The lowest BCUT2D eigenvalue weighted by molar-refractivity contribution is 0.113. The number of benzene rings is 1. The minimum absolute atomic E-state index is 0.367. The highest BCUT2D eigenvalue weighted by molar-refractivity contribution is 5.24. The maximum Gasteiger partial charge on any atom is 0.0916 e. The summed E-state index contributed by atoms with van der Waals surface area (Å²) in [5.41, 5.74) is 2.36. The highest BCUT2D eigenvalue weighted by atomic mass is 16.3. The monoisotopic (exact) mass is 249 g/mol. The van der Waals surface area contributed by atoms with Crippen molar-refractivity contribution < 1.29 is 5.11 Å². The van der Waals surface area contributed by atoms with Crippen LogP contribution in [0, 0.1) is 0 Å². The zero-order valence-electron chi connectivity index (χ0n) is 12.0. The summed E-state index contributed by atoms with van der Waals surface area (Å²) in [5, 5.41) is 10.3. The summed E-state index contributed by atoms with van der Waals surface area (Å²) < 4.78 is 0. The number of aryl methyl sites for hydroxylation is 1. The molecule has 0 aliphatic rings. The van der Waals surface area contributed by atoms with E-state index >= 15 is 0 Å². The summed E-state index contributed by atoms with van der Waals surface area (Å²) >= 11 is 0. The predicted molar refractivity (Wildman–Crippen MR) is 77.8 cm³/mol. The molecule has 1 aromatic rings. The van der Waals surface area contributed by atoms with Crippen molar-refractivity contribution in [1.29, 1.82) is 0 Å². The van der Waals surface area contributed by atoms with Crippen LogP contribution in [0.25, 0.3) is 0 Å². The number of rotatable bonds is 8. The van der Waals surface area contributed by atoms with E-state index in [9.17, 15) is 5.11 Å². The molecule has 2 heteroatoms. The van der Waals surface area contributed by atoms with Gasteiger partial charge in [-0.3, -0.25) is 0 Å². The second-order valence-electron chi connectivity index (χ2n) is 4.91. The van der Waals surface area contributed by atoms with E-state index in [2.05, 4.69) is 49.9 Å². The Kier molecular flexibility index (Phi) is 6.99. The van der Waals surface area contributed by atoms with Crippen LogP contribution in [0.3, 0.4) is 0 Å². The molecule has 0 radical (unpaired) electrons. The third-order valence-corrected chi connectivity index (χ3v) is 3.28. The number of hydrogen-bond donors (Lipinski definition) is 1. The van der Waals surface area contributed by atoms with Crippen molar-refractivity contribution in [2.24, 2.45) is 0 Å². The molecule has 0 aromatic heterocycles. The summed E-state index contributed by atoms with van der Waals surface area (Å²) in [6, 6.07) is 8.34. The minimum Gasteiger partial charge on any atom is -0.387 e. The van der Waals surface area contributed by atoms with Crippen molar-refractivity contribution in [1.82, 2.24) is 4.90 Å². The fourth-order valence-corrected chi connectivity index (χ4v) is 2.25. The summed E-state index contributed by atoms with van der Waals surface area (Å²) in [5.74, 6) is 0. The van der Waals surface area contributed by atoms with Crippen molar-refractivity contribution in [3.8, 4) is 0 Å². The fraction of sp³-hybridized carbons (Fsp3) is 0.625. The highest BCUT2D eigenvalue weighted by Crippen LogP contribution is 2.16. The molecule has 0 saturated heterocycles. The molecule has 1 atom stereocenters. The standard InChI is InChI=1S/C16H27NO/c1-4-11-17(12-5-2)13-16(18)15-9-7-14(6-3)8-10-15/h7-10,16,18H,4-6,11-13H2,1-3H3. The van der Waals surface area contributed by atoms with Gasteiger partial charge in [-0.15, -0.1) is 0 Å². The largest absolute Gasteiger partial charge is 0.387 e. The van der Waals surface area contributed by atoms with Gasteiger partial charge < -0.3 is 10.0 Å². The second kappa shape index (κ2) is 8.28. The van der Waals surface area contributed by atoms with Crippen molar-refractivity contribution >= 4 is 0 Å². The third kappa shape index (κ3) is 4.79. The van der Waals surface area contributed by atoms with E-state index < -0.39 is 0 Å². The van der Waals surface area contributed by atoms with Gasteiger partial charge in [-0.1, -0.05) is 45.0 Å². The van der Waals surface area contributed by atoms with Crippen LogP contribution in [0.1, 0.15) is 50.8 Å². The maximum atomic E-state index is 10.3. The maximum absolute atomic E-state index is 10.3. The van der Waals surface area contributed by atoms with E-state index in [0.717, 1.165) is 44.5 Å². The molecule has 1 aromatic carbocycles. The van der Waals surface area contributed by atoms with Crippen LogP contribution in [-0.2, 0) is 6.42 Å². The number of aliphatic hydroxyl groups is 1. The van der Waals surface area contributed by atoms with Gasteiger partial charge in [0.2, 0.25) is 0 Å². The van der Waals surface area contributed by atoms with E-state index in [1.165, 1.54) is 5.56 Å². The Labute approximate surface area is 112 Å². The molecule has 0 aliphatic heterocycles. The van der Waals surface area contributed by atoms with E-state index in [4.69, 9.17) is 0 Å². The van der Waals surface area contributed by atoms with Gasteiger partial charge in [0.15, 0.2) is 0 Å². The van der Waals surface area contributed by atoms with Gasteiger partial charge in [0.05, 0.1) is 6.10 Å². The summed E-state index contributed by atoms with van der Waals surface area (Å²) in [7, 11) is 0. The Morgan fingerprint density at radius 3 is 2.00 bits per heavy atom. The van der Waals surface area contributed by atoms with E-state index in [1.807, 2.05) is 0 Å². The fourth-order valence-electron chi connectivity index (χ4n) is 2.25. The van der Waals surface area contributed by atoms with E-state index in [-0.39, 0.29) is 6.10 Å². The molecule has 18 heavy (non-hydrogen) atoms. The first-order chi connectivity index (χ1) is 8.71. The van der Waals surface area contributed by atoms with E-state index in [1.54, 1.807) is 0 Å². The minimum atomic E-state index is -0.367. The molecule has 0 fully saturated rings. The van der Waals surface area contributed by atoms with Crippen LogP contribution in [0.5, 0.6) is 0 Å². The van der Waals surface area contributed by atoms with Gasteiger partial charge in [0.1, 0.15) is 0 Å². The van der Waals surface area contributed by atoms with Gasteiger partial charge in [0, 0.05) is 6.54 Å². The topological polar surface area (TPSA) is 23.5 Å². The molecule has 0 saturated carbocycles.